The van der Waals surface area contributed by atoms with Crippen molar-refractivity contribution in [1.29, 1.82) is 0 Å². The summed E-state index contributed by atoms with van der Waals surface area (Å²) >= 11 is 0. The Kier molecular flexibility index (Phi) is 5.59. The van der Waals surface area contributed by atoms with Crippen molar-refractivity contribution >= 4 is 11.8 Å². The second-order valence-electron chi connectivity index (χ2n) is 9.12. The molecule has 2 bridgehead atoms. The van der Waals surface area contributed by atoms with E-state index >= 15 is 0 Å². The van der Waals surface area contributed by atoms with Gasteiger partial charge in [0.25, 0.3) is 0 Å². The van der Waals surface area contributed by atoms with Crippen LogP contribution in [-0.4, -0.2) is 43.9 Å². The third kappa shape index (κ3) is 4.34. The summed E-state index contributed by atoms with van der Waals surface area (Å²) in [7, 11) is 0. The first-order valence-corrected chi connectivity index (χ1v) is 11.3. The molecule has 3 heterocycles. The van der Waals surface area contributed by atoms with Crippen LogP contribution in [0.25, 0.3) is 0 Å². The highest BCUT2D eigenvalue weighted by Crippen LogP contribution is 2.40. The normalized spacial score (nSPS) is 22.1. The first kappa shape index (κ1) is 21.5. The van der Waals surface area contributed by atoms with Crippen molar-refractivity contribution in [3.05, 3.63) is 47.9 Å². The molecule has 1 N–H and O–H groups in total. The molecule has 10 heteroatoms. The molecule has 1 aliphatic carbocycles. The van der Waals surface area contributed by atoms with E-state index in [9.17, 15) is 8.78 Å². The van der Waals surface area contributed by atoms with E-state index in [0.717, 1.165) is 49.6 Å². The zero-order valence-electron chi connectivity index (χ0n) is 18.9. The Morgan fingerprint density at radius 2 is 1.82 bits per heavy atom. The van der Waals surface area contributed by atoms with Gasteiger partial charge in [0.05, 0.1) is 6.04 Å². The van der Waals surface area contributed by atoms with Gasteiger partial charge in [0.2, 0.25) is 5.95 Å². The van der Waals surface area contributed by atoms with Crippen molar-refractivity contribution in [2.75, 3.05) is 23.3 Å². The number of aryl methyl sites for hydroxylation is 1. The van der Waals surface area contributed by atoms with Crippen LogP contribution in [0, 0.1) is 30.4 Å². The summed E-state index contributed by atoms with van der Waals surface area (Å²) < 4.78 is 34.3. The molecule has 1 aromatic carbocycles. The molecule has 1 aliphatic heterocycles. The third-order valence-corrected chi connectivity index (χ3v) is 6.43. The molecule has 2 aliphatic rings. The predicted octanol–water partition coefficient (Wildman–Crippen LogP) is 4.35. The average molecular weight is 456 g/mol. The Balaban J connectivity index is 1.32. The van der Waals surface area contributed by atoms with Crippen molar-refractivity contribution in [2.45, 2.75) is 45.7 Å². The summed E-state index contributed by atoms with van der Waals surface area (Å²) in [4.78, 5) is 15.5. The number of hydrogen-bond donors (Lipinski definition) is 1. The third-order valence-electron chi connectivity index (χ3n) is 6.43. The highest BCUT2D eigenvalue weighted by Gasteiger charge is 2.43. The van der Waals surface area contributed by atoms with Crippen molar-refractivity contribution in [3.63, 3.8) is 0 Å². The standard InChI is InChI=1S/C23H27F2N7O/c1-13(2)32-23(33-17-6-7-18(24)19(25)9-17)29-22(30-32)28-21-15-4-5-16(21)11-31(10-15)20-8-14(3)26-12-27-20/h6-9,12-13,15-16,21H,4-5,10-11H2,1-3H3,(H,28,30). The van der Waals surface area contributed by atoms with Crippen LogP contribution in [0.2, 0.25) is 0 Å². The number of aromatic nitrogens is 5. The van der Waals surface area contributed by atoms with Gasteiger partial charge in [-0.25, -0.2) is 23.4 Å². The maximum absolute atomic E-state index is 13.6. The van der Waals surface area contributed by atoms with E-state index in [1.165, 1.54) is 6.07 Å². The van der Waals surface area contributed by atoms with Crippen LogP contribution in [0.5, 0.6) is 11.8 Å². The number of nitrogens with one attached hydrogen (secondary N) is 1. The molecule has 0 spiro atoms. The second-order valence-corrected chi connectivity index (χ2v) is 9.12. The molecule has 1 saturated carbocycles. The molecule has 2 aromatic heterocycles. The van der Waals surface area contributed by atoms with Gasteiger partial charge in [0, 0.05) is 37.0 Å². The SMILES string of the molecule is Cc1cc(N2CC3CCC(C2)C3Nc2nc(Oc3ccc(F)c(F)c3)n(C(C)C)n2)ncn1. The fourth-order valence-corrected chi connectivity index (χ4v) is 4.83. The molecule has 5 rings (SSSR count). The van der Waals surface area contributed by atoms with Crippen molar-refractivity contribution in [3.8, 4) is 11.8 Å². The lowest BCUT2D eigenvalue weighted by molar-refractivity contribution is 0.372. The zero-order valence-corrected chi connectivity index (χ0v) is 18.9. The van der Waals surface area contributed by atoms with E-state index in [-0.39, 0.29) is 23.8 Å². The number of rotatable bonds is 6. The molecule has 8 nitrogen and oxygen atoms in total. The Labute approximate surface area is 191 Å². The molecular weight excluding hydrogens is 428 g/mol. The van der Waals surface area contributed by atoms with Crippen molar-refractivity contribution in [2.24, 2.45) is 11.8 Å². The van der Waals surface area contributed by atoms with Crippen molar-refractivity contribution in [1.82, 2.24) is 24.7 Å². The Hall–Kier alpha value is -3.30. The zero-order chi connectivity index (χ0) is 23.1. The van der Waals surface area contributed by atoms with Gasteiger partial charge in [0.15, 0.2) is 11.6 Å². The molecule has 174 valence electrons. The molecule has 2 atom stereocenters. The van der Waals surface area contributed by atoms with Gasteiger partial charge in [-0.15, -0.1) is 5.10 Å². The Bertz CT molecular complexity index is 1140. The smallest absolute Gasteiger partial charge is 0.322 e. The van der Waals surface area contributed by atoms with Crippen LogP contribution >= 0.6 is 0 Å². The lowest BCUT2D eigenvalue weighted by atomic mass is 9.92. The number of nitrogens with zero attached hydrogens (tertiary/aromatic N) is 6. The summed E-state index contributed by atoms with van der Waals surface area (Å²) in [5, 5.41) is 8.12. The summed E-state index contributed by atoms with van der Waals surface area (Å²) in [6.45, 7) is 7.72. The van der Waals surface area contributed by atoms with Gasteiger partial charge >= 0.3 is 6.01 Å². The molecule has 0 radical (unpaired) electrons. The van der Waals surface area contributed by atoms with Gasteiger partial charge in [-0.05, 0) is 57.6 Å². The minimum atomic E-state index is -0.969. The molecule has 33 heavy (non-hydrogen) atoms. The highest BCUT2D eigenvalue weighted by molar-refractivity contribution is 5.42. The number of ether oxygens (including phenoxy) is 1. The summed E-state index contributed by atoms with van der Waals surface area (Å²) in [6.07, 6.45) is 3.88. The number of hydrogen-bond acceptors (Lipinski definition) is 7. The Morgan fingerprint density at radius 3 is 2.48 bits per heavy atom. The molecule has 0 amide bonds. The monoisotopic (exact) mass is 455 g/mol. The van der Waals surface area contributed by atoms with E-state index in [4.69, 9.17) is 4.74 Å². The van der Waals surface area contributed by atoms with Crippen LogP contribution in [0.3, 0.4) is 0 Å². The van der Waals surface area contributed by atoms with Gasteiger partial charge in [-0.1, -0.05) is 0 Å². The topological polar surface area (TPSA) is 81.0 Å². The number of benzene rings is 1. The molecular formula is C23H27F2N7O. The molecule has 2 fully saturated rings. The second kappa shape index (κ2) is 8.57. The van der Waals surface area contributed by atoms with Gasteiger partial charge < -0.3 is 15.0 Å². The lowest BCUT2D eigenvalue weighted by Gasteiger charge is -2.38. The quantitative estimate of drug-likeness (QED) is 0.592. The van der Waals surface area contributed by atoms with Crippen LogP contribution in [0.1, 0.15) is 38.4 Å². The van der Waals surface area contributed by atoms with Gasteiger partial charge in [0.1, 0.15) is 17.9 Å². The fourth-order valence-electron chi connectivity index (χ4n) is 4.83. The summed E-state index contributed by atoms with van der Waals surface area (Å²) in [5.74, 6) is 0.624. The first-order valence-electron chi connectivity index (χ1n) is 11.3. The average Bonchev–Trinajstić information content (AvgIpc) is 3.27. The van der Waals surface area contributed by atoms with E-state index < -0.39 is 11.6 Å². The van der Waals surface area contributed by atoms with Gasteiger partial charge in [-0.2, -0.15) is 4.98 Å². The van der Waals surface area contributed by atoms with Gasteiger partial charge in [-0.3, -0.25) is 0 Å². The van der Waals surface area contributed by atoms with Crippen molar-refractivity contribution < 1.29 is 13.5 Å². The molecule has 3 aromatic rings. The summed E-state index contributed by atoms with van der Waals surface area (Å²) in [5.41, 5.74) is 0.963. The number of piperidine rings is 1. The number of fused-ring (bicyclic) bond motifs is 2. The number of halogens is 2. The highest BCUT2D eigenvalue weighted by atomic mass is 19.2. The Morgan fingerprint density at radius 1 is 1.06 bits per heavy atom. The van der Waals surface area contributed by atoms with Crippen LogP contribution in [0.4, 0.5) is 20.5 Å². The number of anilines is 2. The van der Waals surface area contributed by atoms with Crippen LogP contribution in [0.15, 0.2) is 30.6 Å². The fraction of sp³-hybridized carbons (Fsp3) is 0.478. The van der Waals surface area contributed by atoms with E-state index in [0.29, 0.717) is 17.8 Å². The minimum Gasteiger partial charge on any atom is -0.424 e. The summed E-state index contributed by atoms with van der Waals surface area (Å²) in [6, 6.07) is 5.91. The first-order chi connectivity index (χ1) is 15.9. The molecule has 2 unspecified atom stereocenters. The molecule has 1 saturated heterocycles. The predicted molar refractivity (Wildman–Crippen MR) is 119 cm³/mol. The van der Waals surface area contributed by atoms with Crippen LogP contribution in [-0.2, 0) is 0 Å². The van der Waals surface area contributed by atoms with E-state index in [1.807, 2.05) is 26.8 Å². The largest absolute Gasteiger partial charge is 0.424 e. The lowest BCUT2D eigenvalue weighted by Crippen LogP contribution is -2.48. The van der Waals surface area contributed by atoms with E-state index in [1.54, 1.807) is 11.0 Å². The van der Waals surface area contributed by atoms with Crippen LogP contribution < -0.4 is 15.0 Å². The minimum absolute atomic E-state index is 0.0204. The maximum Gasteiger partial charge on any atom is 0.322 e. The maximum atomic E-state index is 13.6. The van der Waals surface area contributed by atoms with E-state index in [2.05, 4.69) is 30.3 Å².